The van der Waals surface area contributed by atoms with Crippen LogP contribution in [0.15, 0.2) is 33.5 Å². The summed E-state index contributed by atoms with van der Waals surface area (Å²) in [5.74, 6) is 1.22. The summed E-state index contributed by atoms with van der Waals surface area (Å²) in [5.41, 5.74) is 1.86. The molecule has 0 radical (unpaired) electrons. The topological polar surface area (TPSA) is 30.2 Å². The summed E-state index contributed by atoms with van der Waals surface area (Å²) >= 11 is 0. The first-order valence-electron chi connectivity index (χ1n) is 7.20. The normalized spacial score (nSPS) is 11.4. The van der Waals surface area contributed by atoms with Gasteiger partial charge in [-0.15, -0.1) is 0 Å². The second-order valence-electron chi connectivity index (χ2n) is 5.24. The van der Waals surface area contributed by atoms with E-state index in [4.69, 9.17) is 4.42 Å². The zero-order valence-corrected chi connectivity index (χ0v) is 12.0. The zero-order chi connectivity index (χ0) is 13.8. The molecule has 0 atom stereocenters. The molecule has 1 heterocycles. The van der Waals surface area contributed by atoms with Crippen molar-refractivity contribution in [1.82, 2.24) is 0 Å². The smallest absolute Gasteiger partial charge is 0.192 e. The van der Waals surface area contributed by atoms with E-state index >= 15 is 0 Å². The third kappa shape index (κ3) is 2.89. The highest BCUT2D eigenvalue weighted by Gasteiger charge is 2.15. The molecule has 0 aliphatic heterocycles. The highest BCUT2D eigenvalue weighted by atomic mass is 16.3. The van der Waals surface area contributed by atoms with Crippen LogP contribution >= 0.6 is 0 Å². The molecule has 102 valence electrons. The van der Waals surface area contributed by atoms with Crippen LogP contribution in [-0.4, -0.2) is 0 Å². The minimum Gasteiger partial charge on any atom is -0.460 e. The van der Waals surface area contributed by atoms with E-state index < -0.39 is 0 Å². The number of benzene rings is 1. The predicted octanol–water partition coefficient (Wildman–Crippen LogP) is 4.79. The van der Waals surface area contributed by atoms with Crippen molar-refractivity contribution in [3.8, 4) is 0 Å². The standard InChI is InChI=1S/C17H22O2/c1-4-7-13(8-5-2)16-11-15(18)14-10-6-9-12(3)17(14)19-16/h6,9-11,13H,4-5,7-8H2,1-3H3. The number of para-hydroxylation sites is 1. The van der Waals surface area contributed by atoms with Crippen LogP contribution in [0.1, 0.15) is 56.8 Å². The predicted molar refractivity (Wildman–Crippen MR) is 79.8 cm³/mol. The largest absolute Gasteiger partial charge is 0.460 e. The molecule has 0 saturated heterocycles. The van der Waals surface area contributed by atoms with Crippen LogP contribution in [0.5, 0.6) is 0 Å². The van der Waals surface area contributed by atoms with Crippen molar-refractivity contribution in [2.75, 3.05) is 0 Å². The maximum Gasteiger partial charge on any atom is 0.192 e. The summed E-state index contributed by atoms with van der Waals surface area (Å²) < 4.78 is 6.04. The van der Waals surface area contributed by atoms with E-state index in [1.165, 1.54) is 0 Å². The van der Waals surface area contributed by atoms with Gasteiger partial charge in [0.1, 0.15) is 11.3 Å². The molecule has 0 bridgehead atoms. The molecule has 0 saturated carbocycles. The van der Waals surface area contributed by atoms with Gasteiger partial charge in [-0.3, -0.25) is 4.79 Å². The summed E-state index contributed by atoms with van der Waals surface area (Å²) in [4.78, 5) is 12.2. The monoisotopic (exact) mass is 258 g/mol. The molecule has 19 heavy (non-hydrogen) atoms. The second kappa shape index (κ2) is 6.05. The van der Waals surface area contributed by atoms with Gasteiger partial charge in [0.05, 0.1) is 5.39 Å². The summed E-state index contributed by atoms with van der Waals surface area (Å²) in [6, 6.07) is 7.43. The van der Waals surface area contributed by atoms with Gasteiger partial charge in [-0.2, -0.15) is 0 Å². The fraction of sp³-hybridized carbons (Fsp3) is 0.471. The molecule has 2 rings (SSSR count). The van der Waals surface area contributed by atoms with Crippen molar-refractivity contribution < 1.29 is 4.42 Å². The van der Waals surface area contributed by atoms with Gasteiger partial charge in [0.2, 0.25) is 0 Å². The average molecular weight is 258 g/mol. The Kier molecular flexibility index (Phi) is 4.41. The van der Waals surface area contributed by atoms with Gasteiger partial charge in [-0.25, -0.2) is 0 Å². The summed E-state index contributed by atoms with van der Waals surface area (Å²) in [7, 11) is 0. The Morgan fingerprint density at radius 1 is 1.16 bits per heavy atom. The third-order valence-corrected chi connectivity index (χ3v) is 3.65. The summed E-state index contributed by atoms with van der Waals surface area (Å²) in [5, 5.41) is 0.690. The molecule has 0 aliphatic carbocycles. The molecule has 1 aromatic heterocycles. The first kappa shape index (κ1) is 13.9. The molecule has 2 nitrogen and oxygen atoms in total. The van der Waals surface area contributed by atoms with Crippen molar-refractivity contribution in [2.24, 2.45) is 0 Å². The summed E-state index contributed by atoms with van der Waals surface area (Å²) in [6.07, 6.45) is 4.38. The molecule has 0 fully saturated rings. The quantitative estimate of drug-likeness (QED) is 0.772. The fourth-order valence-corrected chi connectivity index (χ4v) is 2.66. The lowest BCUT2D eigenvalue weighted by molar-refractivity contribution is 0.436. The van der Waals surface area contributed by atoms with E-state index in [1.54, 1.807) is 6.07 Å². The van der Waals surface area contributed by atoms with Crippen molar-refractivity contribution in [2.45, 2.75) is 52.4 Å². The van der Waals surface area contributed by atoms with E-state index in [0.29, 0.717) is 11.3 Å². The maximum atomic E-state index is 12.2. The Balaban J connectivity index is 2.55. The average Bonchev–Trinajstić information content (AvgIpc) is 2.39. The number of hydrogen-bond acceptors (Lipinski definition) is 2. The SMILES string of the molecule is CCCC(CCC)c1cc(=O)c2cccc(C)c2o1. The second-order valence-corrected chi connectivity index (χ2v) is 5.24. The van der Waals surface area contributed by atoms with Crippen molar-refractivity contribution in [3.05, 3.63) is 45.8 Å². The van der Waals surface area contributed by atoms with Gasteiger partial charge in [0.25, 0.3) is 0 Å². The molecule has 0 unspecified atom stereocenters. The van der Waals surface area contributed by atoms with Gasteiger partial charge in [-0.05, 0) is 31.4 Å². The number of hydrogen-bond donors (Lipinski definition) is 0. The lowest BCUT2D eigenvalue weighted by Crippen LogP contribution is -2.07. The van der Waals surface area contributed by atoms with Crippen LogP contribution in [-0.2, 0) is 0 Å². The van der Waals surface area contributed by atoms with Crippen LogP contribution in [0.2, 0.25) is 0 Å². The molecule has 0 spiro atoms. The van der Waals surface area contributed by atoms with E-state index in [9.17, 15) is 4.79 Å². The van der Waals surface area contributed by atoms with Crippen molar-refractivity contribution >= 4 is 11.0 Å². The van der Waals surface area contributed by atoms with E-state index in [1.807, 2.05) is 25.1 Å². The summed E-state index contributed by atoms with van der Waals surface area (Å²) in [6.45, 7) is 6.34. The molecular formula is C17H22O2. The Labute approximate surface area is 114 Å². The van der Waals surface area contributed by atoms with Gasteiger partial charge in [0.15, 0.2) is 5.43 Å². The van der Waals surface area contributed by atoms with Crippen LogP contribution in [0, 0.1) is 6.92 Å². The molecule has 0 aliphatic rings. The lowest BCUT2D eigenvalue weighted by atomic mass is 9.95. The lowest BCUT2D eigenvalue weighted by Gasteiger charge is -2.15. The van der Waals surface area contributed by atoms with Gasteiger partial charge in [-0.1, -0.05) is 38.8 Å². The molecule has 0 N–H and O–H groups in total. The molecule has 0 amide bonds. The third-order valence-electron chi connectivity index (χ3n) is 3.65. The Hall–Kier alpha value is -1.57. The Morgan fingerprint density at radius 2 is 1.84 bits per heavy atom. The van der Waals surface area contributed by atoms with Crippen LogP contribution in [0.3, 0.4) is 0 Å². The van der Waals surface area contributed by atoms with Gasteiger partial charge in [0, 0.05) is 12.0 Å². The minimum absolute atomic E-state index is 0.0807. The zero-order valence-electron chi connectivity index (χ0n) is 12.0. The van der Waals surface area contributed by atoms with Crippen LogP contribution in [0.25, 0.3) is 11.0 Å². The van der Waals surface area contributed by atoms with E-state index in [2.05, 4.69) is 13.8 Å². The van der Waals surface area contributed by atoms with E-state index in [-0.39, 0.29) is 5.43 Å². The number of rotatable bonds is 5. The Bertz CT molecular complexity index is 604. The van der Waals surface area contributed by atoms with E-state index in [0.717, 1.165) is 42.6 Å². The molecule has 1 aromatic carbocycles. The maximum absolute atomic E-state index is 12.2. The molecule has 2 aromatic rings. The first-order chi connectivity index (χ1) is 9.17. The number of aryl methyl sites for hydroxylation is 1. The van der Waals surface area contributed by atoms with Crippen LogP contribution in [0.4, 0.5) is 0 Å². The molecular weight excluding hydrogens is 236 g/mol. The van der Waals surface area contributed by atoms with Gasteiger partial charge >= 0.3 is 0 Å². The van der Waals surface area contributed by atoms with Gasteiger partial charge < -0.3 is 4.42 Å². The fourth-order valence-electron chi connectivity index (χ4n) is 2.66. The van der Waals surface area contributed by atoms with Crippen molar-refractivity contribution in [1.29, 1.82) is 0 Å². The number of fused-ring (bicyclic) bond motifs is 1. The molecule has 2 heteroatoms. The minimum atomic E-state index is 0.0807. The highest BCUT2D eigenvalue weighted by molar-refractivity contribution is 5.79. The van der Waals surface area contributed by atoms with Crippen LogP contribution < -0.4 is 5.43 Å². The first-order valence-corrected chi connectivity index (χ1v) is 7.20. The Morgan fingerprint density at radius 3 is 2.47 bits per heavy atom. The highest BCUT2D eigenvalue weighted by Crippen LogP contribution is 2.28. The van der Waals surface area contributed by atoms with Crippen molar-refractivity contribution in [3.63, 3.8) is 0 Å².